The summed E-state index contributed by atoms with van der Waals surface area (Å²) < 4.78 is 2.08. The fourth-order valence-corrected chi connectivity index (χ4v) is 1.69. The van der Waals surface area contributed by atoms with E-state index in [9.17, 15) is 0 Å². The third-order valence-corrected chi connectivity index (χ3v) is 2.55. The molecule has 2 aromatic rings. The Balaban J connectivity index is 0.000000980. The van der Waals surface area contributed by atoms with Crippen molar-refractivity contribution >= 4 is 22.5 Å². The topological polar surface area (TPSA) is 3.88 Å². The molecule has 1 aromatic carbocycles. The molecule has 14 heavy (non-hydrogen) atoms. The second kappa shape index (κ2) is 4.45. The Hall–Kier alpha value is -0.350. The molecule has 0 fully saturated rings. The SMILES string of the molecule is Cc1cc[n+](C)c2cc(Cl)ccc12.[I-]. The van der Waals surface area contributed by atoms with Crippen LogP contribution in [0.25, 0.3) is 10.9 Å². The molecule has 74 valence electrons. The van der Waals surface area contributed by atoms with Crippen LogP contribution in [0.3, 0.4) is 0 Å². The maximum atomic E-state index is 5.93. The van der Waals surface area contributed by atoms with Crippen molar-refractivity contribution in [2.75, 3.05) is 0 Å². The average molecular weight is 320 g/mol. The number of rotatable bonds is 0. The molecule has 0 spiro atoms. The first kappa shape index (κ1) is 11.7. The van der Waals surface area contributed by atoms with Crippen LogP contribution < -0.4 is 28.5 Å². The summed E-state index contributed by atoms with van der Waals surface area (Å²) in [5.74, 6) is 0. The van der Waals surface area contributed by atoms with Gasteiger partial charge in [0.2, 0.25) is 5.52 Å². The van der Waals surface area contributed by atoms with Crippen LogP contribution >= 0.6 is 11.6 Å². The highest BCUT2D eigenvalue weighted by molar-refractivity contribution is 6.31. The minimum Gasteiger partial charge on any atom is -1.00 e. The molecule has 0 saturated carbocycles. The Morgan fingerprint density at radius 2 is 1.93 bits per heavy atom. The van der Waals surface area contributed by atoms with E-state index < -0.39 is 0 Å². The highest BCUT2D eigenvalue weighted by Crippen LogP contribution is 2.18. The molecule has 0 aliphatic carbocycles. The van der Waals surface area contributed by atoms with Crippen LogP contribution in [0.15, 0.2) is 30.5 Å². The number of hydrogen-bond donors (Lipinski definition) is 0. The van der Waals surface area contributed by atoms with E-state index in [-0.39, 0.29) is 24.0 Å². The van der Waals surface area contributed by atoms with Gasteiger partial charge in [-0.05, 0) is 24.6 Å². The minimum atomic E-state index is 0. The third-order valence-electron chi connectivity index (χ3n) is 2.31. The van der Waals surface area contributed by atoms with Crippen molar-refractivity contribution in [1.82, 2.24) is 0 Å². The Bertz CT molecular complexity index is 468. The van der Waals surface area contributed by atoms with Crippen LogP contribution in [0.2, 0.25) is 5.02 Å². The Kier molecular flexibility index (Phi) is 3.72. The van der Waals surface area contributed by atoms with E-state index in [4.69, 9.17) is 11.6 Å². The summed E-state index contributed by atoms with van der Waals surface area (Å²) in [6, 6.07) is 8.09. The molecule has 1 heterocycles. The number of benzene rings is 1. The zero-order valence-electron chi connectivity index (χ0n) is 8.09. The molecule has 0 aliphatic rings. The molecule has 0 atom stereocenters. The van der Waals surface area contributed by atoms with E-state index in [1.807, 2.05) is 25.4 Å². The first-order chi connectivity index (χ1) is 6.18. The van der Waals surface area contributed by atoms with Gasteiger partial charge in [0.25, 0.3) is 0 Å². The van der Waals surface area contributed by atoms with Crippen LogP contribution in [0, 0.1) is 6.92 Å². The van der Waals surface area contributed by atoms with Crippen molar-refractivity contribution in [3.63, 3.8) is 0 Å². The zero-order valence-corrected chi connectivity index (χ0v) is 11.0. The van der Waals surface area contributed by atoms with Crippen LogP contribution in [-0.4, -0.2) is 0 Å². The molecule has 0 unspecified atom stereocenters. The van der Waals surface area contributed by atoms with Gasteiger partial charge in [0.05, 0.1) is 0 Å². The molecule has 0 aliphatic heterocycles. The van der Waals surface area contributed by atoms with Crippen LogP contribution in [-0.2, 0) is 7.05 Å². The Morgan fingerprint density at radius 1 is 1.21 bits per heavy atom. The lowest BCUT2D eigenvalue weighted by atomic mass is 10.1. The van der Waals surface area contributed by atoms with E-state index in [0.717, 1.165) is 5.02 Å². The van der Waals surface area contributed by atoms with Crippen molar-refractivity contribution in [1.29, 1.82) is 0 Å². The van der Waals surface area contributed by atoms with E-state index in [0.29, 0.717) is 0 Å². The molecule has 0 saturated heterocycles. The van der Waals surface area contributed by atoms with Crippen molar-refractivity contribution in [2.45, 2.75) is 6.92 Å². The summed E-state index contributed by atoms with van der Waals surface area (Å²) in [5, 5.41) is 2.04. The van der Waals surface area contributed by atoms with Gasteiger partial charge in [0, 0.05) is 22.5 Å². The number of nitrogens with zero attached hydrogens (tertiary/aromatic N) is 1. The van der Waals surface area contributed by atoms with Gasteiger partial charge >= 0.3 is 0 Å². The van der Waals surface area contributed by atoms with Crippen LogP contribution in [0.1, 0.15) is 5.56 Å². The largest absolute Gasteiger partial charge is 1.00 e. The molecule has 2 rings (SSSR count). The quantitative estimate of drug-likeness (QED) is 0.461. The molecule has 1 aromatic heterocycles. The number of aromatic nitrogens is 1. The molecular formula is C11H11ClIN. The van der Waals surface area contributed by atoms with Crippen molar-refractivity contribution in [3.05, 3.63) is 41.0 Å². The summed E-state index contributed by atoms with van der Waals surface area (Å²) in [6.45, 7) is 2.11. The fourth-order valence-electron chi connectivity index (χ4n) is 1.52. The first-order valence-corrected chi connectivity index (χ1v) is 4.61. The average Bonchev–Trinajstić information content (AvgIpc) is 2.12. The van der Waals surface area contributed by atoms with E-state index in [1.54, 1.807) is 0 Å². The predicted molar refractivity (Wildman–Crippen MR) is 54.9 cm³/mol. The number of fused-ring (bicyclic) bond motifs is 1. The fraction of sp³-hybridized carbons (Fsp3) is 0.182. The van der Waals surface area contributed by atoms with Gasteiger partial charge in [0.1, 0.15) is 7.05 Å². The zero-order chi connectivity index (χ0) is 9.42. The van der Waals surface area contributed by atoms with Crippen molar-refractivity contribution in [3.8, 4) is 0 Å². The maximum absolute atomic E-state index is 5.93. The molecular weight excluding hydrogens is 308 g/mol. The van der Waals surface area contributed by atoms with Gasteiger partial charge < -0.3 is 24.0 Å². The summed E-state index contributed by atoms with van der Waals surface area (Å²) in [4.78, 5) is 0. The number of pyridine rings is 1. The molecule has 0 N–H and O–H groups in total. The van der Waals surface area contributed by atoms with Gasteiger partial charge in [-0.25, -0.2) is 4.57 Å². The lowest BCUT2D eigenvalue weighted by Crippen LogP contribution is -3.00. The molecule has 1 nitrogen and oxygen atoms in total. The Morgan fingerprint density at radius 3 is 2.64 bits per heavy atom. The predicted octanol–water partition coefficient (Wildman–Crippen LogP) is -0.370. The number of halogens is 2. The van der Waals surface area contributed by atoms with E-state index in [1.165, 1.54) is 16.5 Å². The summed E-state index contributed by atoms with van der Waals surface area (Å²) in [7, 11) is 2.03. The van der Waals surface area contributed by atoms with Crippen molar-refractivity contribution in [2.24, 2.45) is 7.05 Å². The van der Waals surface area contributed by atoms with Crippen LogP contribution in [0.5, 0.6) is 0 Å². The van der Waals surface area contributed by atoms with Gasteiger partial charge in [0.15, 0.2) is 6.20 Å². The second-order valence-electron chi connectivity index (χ2n) is 3.27. The normalized spacial score (nSPS) is 9.93. The summed E-state index contributed by atoms with van der Waals surface area (Å²) in [6.07, 6.45) is 2.05. The van der Waals surface area contributed by atoms with Gasteiger partial charge in [-0.2, -0.15) is 0 Å². The lowest BCUT2D eigenvalue weighted by molar-refractivity contribution is -0.644. The van der Waals surface area contributed by atoms with Gasteiger partial charge in [-0.1, -0.05) is 11.6 Å². The Labute approximate surface area is 106 Å². The van der Waals surface area contributed by atoms with E-state index in [2.05, 4.69) is 23.6 Å². The molecule has 0 radical (unpaired) electrons. The first-order valence-electron chi connectivity index (χ1n) is 4.23. The minimum absolute atomic E-state index is 0. The third kappa shape index (κ3) is 2.01. The van der Waals surface area contributed by atoms with Gasteiger partial charge in [-0.15, -0.1) is 0 Å². The maximum Gasteiger partial charge on any atom is 0.214 e. The summed E-state index contributed by atoms with van der Waals surface area (Å²) >= 11 is 5.93. The standard InChI is InChI=1S/C11H11ClN.HI/c1-8-5-6-13(2)11-7-9(12)3-4-10(8)11;/h3-7H,1-2H3;1H/q+1;/p-1. The highest BCUT2D eigenvalue weighted by atomic mass is 127. The smallest absolute Gasteiger partial charge is 0.214 e. The molecule has 0 amide bonds. The second-order valence-corrected chi connectivity index (χ2v) is 3.71. The van der Waals surface area contributed by atoms with Crippen molar-refractivity contribution < 1.29 is 28.5 Å². The van der Waals surface area contributed by atoms with Crippen LogP contribution in [0.4, 0.5) is 0 Å². The lowest BCUT2D eigenvalue weighted by Gasteiger charge is -1.99. The number of hydrogen-bond acceptors (Lipinski definition) is 0. The molecule has 0 bridgehead atoms. The number of aryl methyl sites for hydroxylation is 2. The van der Waals surface area contributed by atoms with Gasteiger partial charge in [-0.3, -0.25) is 0 Å². The van der Waals surface area contributed by atoms with E-state index >= 15 is 0 Å². The highest BCUT2D eigenvalue weighted by Gasteiger charge is 2.06. The summed E-state index contributed by atoms with van der Waals surface area (Å²) in [5.41, 5.74) is 2.46. The molecule has 3 heteroatoms. The monoisotopic (exact) mass is 319 g/mol.